The van der Waals surface area contributed by atoms with E-state index in [-0.39, 0.29) is 6.04 Å². The monoisotopic (exact) mass is 278 g/mol. The molecule has 5 nitrogen and oxygen atoms in total. The molecule has 0 spiro atoms. The summed E-state index contributed by atoms with van der Waals surface area (Å²) in [5, 5.41) is 8.20. The Morgan fingerprint density at radius 3 is 2.79 bits per heavy atom. The topological polar surface area (TPSA) is 52.0 Å². The van der Waals surface area contributed by atoms with Gasteiger partial charge in [-0.3, -0.25) is 0 Å². The summed E-state index contributed by atoms with van der Waals surface area (Å²) in [6.45, 7) is 2.11. The van der Waals surface area contributed by atoms with E-state index in [1.54, 1.807) is 29.9 Å². The van der Waals surface area contributed by atoms with E-state index < -0.39 is 0 Å². The molecule has 19 heavy (non-hydrogen) atoms. The number of methoxy groups -OCH3 is 1. The minimum absolute atomic E-state index is 0.201. The van der Waals surface area contributed by atoms with Crippen LogP contribution >= 0.6 is 11.8 Å². The van der Waals surface area contributed by atoms with Crippen LogP contribution in [0.15, 0.2) is 34.6 Å². The number of nitrogens with zero attached hydrogens (tertiary/aromatic N) is 3. The number of nitrogens with one attached hydrogen (secondary N) is 1. The Hall–Kier alpha value is -1.53. The highest BCUT2D eigenvalue weighted by molar-refractivity contribution is 7.99. The van der Waals surface area contributed by atoms with Gasteiger partial charge in [0.25, 0.3) is 0 Å². The van der Waals surface area contributed by atoms with E-state index in [0.717, 1.165) is 21.4 Å². The molecule has 1 aromatic carbocycles. The summed E-state index contributed by atoms with van der Waals surface area (Å²) in [5.41, 5.74) is 1.14. The number of benzene rings is 1. The van der Waals surface area contributed by atoms with Crippen molar-refractivity contribution in [2.45, 2.75) is 23.0 Å². The molecule has 0 aliphatic heterocycles. The molecule has 6 heteroatoms. The van der Waals surface area contributed by atoms with Crippen molar-refractivity contribution in [1.29, 1.82) is 0 Å². The number of aromatic nitrogens is 3. The Kier molecular flexibility index (Phi) is 4.44. The summed E-state index contributed by atoms with van der Waals surface area (Å²) in [7, 11) is 5.52. The van der Waals surface area contributed by atoms with Gasteiger partial charge in [0.15, 0.2) is 5.16 Å². The van der Waals surface area contributed by atoms with E-state index in [4.69, 9.17) is 4.74 Å². The summed E-state index contributed by atoms with van der Waals surface area (Å²) < 4.78 is 7.22. The molecule has 102 valence electrons. The summed E-state index contributed by atoms with van der Waals surface area (Å²) in [6, 6.07) is 6.24. The number of rotatable bonds is 5. The average molecular weight is 278 g/mol. The van der Waals surface area contributed by atoms with Crippen molar-refractivity contribution in [2.24, 2.45) is 7.05 Å². The van der Waals surface area contributed by atoms with E-state index >= 15 is 0 Å². The van der Waals surface area contributed by atoms with Gasteiger partial charge in [-0.05, 0) is 37.9 Å². The van der Waals surface area contributed by atoms with E-state index in [0.29, 0.717) is 0 Å². The molecule has 1 atom stereocenters. The zero-order valence-corrected chi connectivity index (χ0v) is 12.4. The zero-order valence-electron chi connectivity index (χ0n) is 11.5. The highest BCUT2D eigenvalue weighted by Crippen LogP contribution is 2.37. The molecule has 1 aromatic heterocycles. The Morgan fingerprint density at radius 2 is 2.21 bits per heavy atom. The summed E-state index contributed by atoms with van der Waals surface area (Å²) in [4.78, 5) is 5.37. The van der Waals surface area contributed by atoms with Crippen molar-refractivity contribution in [3.63, 3.8) is 0 Å². The van der Waals surface area contributed by atoms with Crippen LogP contribution in [-0.4, -0.2) is 28.9 Å². The lowest BCUT2D eigenvalue weighted by Crippen LogP contribution is -2.14. The molecule has 2 rings (SSSR count). The SMILES string of the molecule is CNC(C)c1c(OC)cccc1Sc1ncnn1C. The van der Waals surface area contributed by atoms with Crippen LogP contribution in [0, 0.1) is 0 Å². The van der Waals surface area contributed by atoms with E-state index in [1.165, 1.54) is 0 Å². The smallest absolute Gasteiger partial charge is 0.190 e. The molecule has 0 saturated carbocycles. The maximum atomic E-state index is 5.46. The van der Waals surface area contributed by atoms with Crippen molar-refractivity contribution in [3.05, 3.63) is 30.1 Å². The lowest BCUT2D eigenvalue weighted by molar-refractivity contribution is 0.401. The number of hydrogen-bond acceptors (Lipinski definition) is 5. The van der Waals surface area contributed by atoms with E-state index in [2.05, 4.69) is 28.4 Å². The lowest BCUT2D eigenvalue weighted by Gasteiger charge is -2.18. The molecule has 1 unspecified atom stereocenters. The molecule has 0 bridgehead atoms. The van der Waals surface area contributed by atoms with Crippen LogP contribution in [0.25, 0.3) is 0 Å². The highest BCUT2D eigenvalue weighted by Gasteiger charge is 2.17. The Morgan fingerprint density at radius 1 is 1.42 bits per heavy atom. The fourth-order valence-corrected chi connectivity index (χ4v) is 2.85. The number of ether oxygens (including phenoxy) is 1. The second-order valence-corrected chi connectivity index (χ2v) is 5.16. The van der Waals surface area contributed by atoms with Crippen LogP contribution in [-0.2, 0) is 7.05 Å². The van der Waals surface area contributed by atoms with Gasteiger partial charge in [0.1, 0.15) is 12.1 Å². The predicted octanol–water partition coefficient (Wildman–Crippen LogP) is 2.26. The summed E-state index contributed by atoms with van der Waals surface area (Å²) in [6.07, 6.45) is 1.56. The van der Waals surface area contributed by atoms with Crippen LogP contribution in [0.2, 0.25) is 0 Å². The van der Waals surface area contributed by atoms with Gasteiger partial charge < -0.3 is 10.1 Å². The summed E-state index contributed by atoms with van der Waals surface area (Å²) in [5.74, 6) is 0.883. The molecular formula is C13H18N4OS. The van der Waals surface area contributed by atoms with Crippen LogP contribution in [0.4, 0.5) is 0 Å². The molecule has 1 N–H and O–H groups in total. The third kappa shape index (κ3) is 2.90. The predicted molar refractivity (Wildman–Crippen MR) is 75.6 cm³/mol. The standard InChI is InChI=1S/C13H18N4OS/c1-9(14-2)12-10(18-4)6-5-7-11(12)19-13-15-8-16-17(13)3/h5-9,14H,1-4H3. The molecule has 0 fully saturated rings. The first-order valence-corrected chi connectivity index (χ1v) is 6.85. The maximum Gasteiger partial charge on any atom is 0.190 e. The molecule has 0 saturated heterocycles. The van der Waals surface area contributed by atoms with Gasteiger partial charge in [-0.1, -0.05) is 6.07 Å². The van der Waals surface area contributed by atoms with Crippen LogP contribution in [0.3, 0.4) is 0 Å². The molecular weight excluding hydrogens is 260 g/mol. The number of aryl methyl sites for hydroxylation is 1. The Bertz CT molecular complexity index is 555. The van der Waals surface area contributed by atoms with Crippen LogP contribution in [0.1, 0.15) is 18.5 Å². The van der Waals surface area contributed by atoms with E-state index in [9.17, 15) is 0 Å². The fraction of sp³-hybridized carbons (Fsp3) is 0.385. The second kappa shape index (κ2) is 6.08. The van der Waals surface area contributed by atoms with Gasteiger partial charge in [-0.15, -0.1) is 0 Å². The van der Waals surface area contributed by atoms with Crippen molar-refractivity contribution in [3.8, 4) is 5.75 Å². The average Bonchev–Trinajstić information content (AvgIpc) is 2.83. The summed E-state index contributed by atoms with van der Waals surface area (Å²) >= 11 is 1.59. The lowest BCUT2D eigenvalue weighted by atomic mass is 10.1. The van der Waals surface area contributed by atoms with Crippen molar-refractivity contribution in [2.75, 3.05) is 14.2 Å². The van der Waals surface area contributed by atoms with Crippen LogP contribution in [0.5, 0.6) is 5.75 Å². The fourth-order valence-electron chi connectivity index (χ4n) is 1.84. The van der Waals surface area contributed by atoms with Gasteiger partial charge in [-0.2, -0.15) is 5.10 Å². The Balaban J connectivity index is 2.42. The van der Waals surface area contributed by atoms with Gasteiger partial charge in [0, 0.05) is 23.5 Å². The van der Waals surface area contributed by atoms with Gasteiger partial charge in [0.2, 0.25) is 0 Å². The van der Waals surface area contributed by atoms with Crippen molar-refractivity contribution >= 4 is 11.8 Å². The first-order valence-electron chi connectivity index (χ1n) is 6.03. The Labute approximate surface area is 117 Å². The molecule has 0 aliphatic rings. The molecule has 0 amide bonds. The second-order valence-electron chi connectivity index (χ2n) is 4.15. The van der Waals surface area contributed by atoms with Crippen LogP contribution < -0.4 is 10.1 Å². The number of hydrogen-bond donors (Lipinski definition) is 1. The quantitative estimate of drug-likeness (QED) is 0.909. The normalized spacial score (nSPS) is 12.4. The van der Waals surface area contributed by atoms with Gasteiger partial charge in [-0.25, -0.2) is 9.67 Å². The largest absolute Gasteiger partial charge is 0.496 e. The minimum Gasteiger partial charge on any atom is -0.496 e. The third-order valence-corrected chi connectivity index (χ3v) is 4.11. The van der Waals surface area contributed by atoms with Gasteiger partial charge in [0.05, 0.1) is 7.11 Å². The first kappa shape index (κ1) is 13.9. The molecule has 0 radical (unpaired) electrons. The first-order chi connectivity index (χ1) is 9.17. The van der Waals surface area contributed by atoms with E-state index in [1.807, 2.05) is 26.2 Å². The van der Waals surface area contributed by atoms with Crippen molar-refractivity contribution < 1.29 is 4.74 Å². The molecule has 2 aromatic rings. The highest BCUT2D eigenvalue weighted by atomic mass is 32.2. The third-order valence-electron chi connectivity index (χ3n) is 2.98. The maximum absolute atomic E-state index is 5.46. The molecule has 0 aliphatic carbocycles. The minimum atomic E-state index is 0.201. The zero-order chi connectivity index (χ0) is 13.8. The van der Waals surface area contributed by atoms with Gasteiger partial charge >= 0.3 is 0 Å². The molecule has 1 heterocycles. The van der Waals surface area contributed by atoms with Crippen molar-refractivity contribution in [1.82, 2.24) is 20.1 Å².